The average molecular weight is 328 g/mol. The van der Waals surface area contributed by atoms with Gasteiger partial charge in [-0.05, 0) is 30.5 Å². The molecule has 23 heavy (non-hydrogen) atoms. The van der Waals surface area contributed by atoms with E-state index in [0.717, 1.165) is 31.6 Å². The number of carbonyl (C=O) groups excluding carboxylic acids is 1. The zero-order chi connectivity index (χ0) is 16.6. The summed E-state index contributed by atoms with van der Waals surface area (Å²) in [5.74, 6) is -0.0256. The van der Waals surface area contributed by atoms with Gasteiger partial charge in [0.15, 0.2) is 0 Å². The van der Waals surface area contributed by atoms with E-state index in [0.29, 0.717) is 18.5 Å². The summed E-state index contributed by atoms with van der Waals surface area (Å²) in [6.07, 6.45) is -3.69. The fraction of sp³-hybridized carbons (Fsp3) is 0.562. The molecule has 0 spiro atoms. The quantitative estimate of drug-likeness (QED) is 0.923. The molecular weight excluding hydrogens is 309 g/mol. The molecule has 126 valence electrons. The molecule has 2 aliphatic rings. The molecule has 1 N–H and O–H groups in total. The van der Waals surface area contributed by atoms with Gasteiger partial charge in [-0.2, -0.15) is 13.2 Å². The molecule has 0 bridgehead atoms. The number of benzene rings is 1. The standard InChI is InChI=1S/C16H19F3N2O2/c17-16(18,19)12-4-1-3-11(7-12)14-8-13(22)9-21(14)10-15(23)20-5-2-6-20/h1,3-4,7,13-14,22H,2,5-6,8-10H2/t13-,14-/m0/s1. The maximum atomic E-state index is 12.9. The van der Waals surface area contributed by atoms with Crippen LogP contribution in [-0.2, 0) is 11.0 Å². The fourth-order valence-electron chi connectivity index (χ4n) is 3.16. The van der Waals surface area contributed by atoms with Crippen LogP contribution in [0.15, 0.2) is 24.3 Å². The largest absolute Gasteiger partial charge is 0.416 e. The third-order valence-electron chi connectivity index (χ3n) is 4.53. The minimum atomic E-state index is -4.40. The lowest BCUT2D eigenvalue weighted by atomic mass is 10.0. The van der Waals surface area contributed by atoms with Gasteiger partial charge in [0.05, 0.1) is 18.2 Å². The van der Waals surface area contributed by atoms with Gasteiger partial charge in [-0.3, -0.25) is 9.69 Å². The number of halogens is 3. The number of aliphatic hydroxyl groups is 1. The van der Waals surface area contributed by atoms with Gasteiger partial charge in [0.1, 0.15) is 0 Å². The highest BCUT2D eigenvalue weighted by molar-refractivity contribution is 5.79. The summed E-state index contributed by atoms with van der Waals surface area (Å²) in [7, 11) is 0. The van der Waals surface area contributed by atoms with Crippen molar-refractivity contribution in [1.82, 2.24) is 9.80 Å². The summed E-state index contributed by atoms with van der Waals surface area (Å²) in [6, 6.07) is 4.78. The predicted octanol–water partition coefficient (Wildman–Crippen LogP) is 2.05. The molecule has 4 nitrogen and oxygen atoms in total. The zero-order valence-electron chi connectivity index (χ0n) is 12.6. The topological polar surface area (TPSA) is 43.8 Å². The van der Waals surface area contributed by atoms with Gasteiger partial charge in [-0.25, -0.2) is 0 Å². The van der Waals surface area contributed by atoms with Crippen LogP contribution in [0.2, 0.25) is 0 Å². The zero-order valence-corrected chi connectivity index (χ0v) is 12.6. The first kappa shape index (κ1) is 16.3. The number of rotatable bonds is 3. The summed E-state index contributed by atoms with van der Waals surface area (Å²) in [6.45, 7) is 1.92. The van der Waals surface area contributed by atoms with Crippen molar-refractivity contribution < 1.29 is 23.1 Å². The van der Waals surface area contributed by atoms with Crippen LogP contribution in [0.1, 0.15) is 30.0 Å². The lowest BCUT2D eigenvalue weighted by molar-refractivity contribution is -0.138. The molecule has 2 heterocycles. The molecule has 1 amide bonds. The highest BCUT2D eigenvalue weighted by Crippen LogP contribution is 2.36. The predicted molar refractivity (Wildman–Crippen MR) is 77.6 cm³/mol. The highest BCUT2D eigenvalue weighted by atomic mass is 19.4. The molecule has 0 unspecified atom stereocenters. The van der Waals surface area contributed by atoms with E-state index in [-0.39, 0.29) is 18.5 Å². The molecule has 1 aromatic rings. The summed E-state index contributed by atoms with van der Waals surface area (Å²) >= 11 is 0. The molecule has 0 radical (unpaired) electrons. The van der Waals surface area contributed by atoms with Crippen molar-refractivity contribution in [3.05, 3.63) is 35.4 Å². The normalized spacial score (nSPS) is 25.5. The van der Waals surface area contributed by atoms with E-state index in [4.69, 9.17) is 0 Å². The van der Waals surface area contributed by atoms with Crippen molar-refractivity contribution >= 4 is 5.91 Å². The van der Waals surface area contributed by atoms with Crippen LogP contribution in [0.25, 0.3) is 0 Å². The molecule has 0 aromatic heterocycles. The molecule has 2 atom stereocenters. The van der Waals surface area contributed by atoms with E-state index in [2.05, 4.69) is 0 Å². The van der Waals surface area contributed by atoms with E-state index >= 15 is 0 Å². The number of β-amino-alcohol motifs (C(OH)–C–C–N with tert-alkyl or cyclic N) is 1. The van der Waals surface area contributed by atoms with Crippen LogP contribution in [0.4, 0.5) is 13.2 Å². The molecule has 2 fully saturated rings. The molecule has 2 aliphatic heterocycles. The Bertz CT molecular complexity index is 587. The Hall–Kier alpha value is -1.60. The van der Waals surface area contributed by atoms with Crippen molar-refractivity contribution in [3.63, 3.8) is 0 Å². The molecule has 1 aromatic carbocycles. The van der Waals surface area contributed by atoms with Crippen LogP contribution in [0.3, 0.4) is 0 Å². The third-order valence-corrected chi connectivity index (χ3v) is 4.53. The number of amides is 1. The molecule has 0 saturated carbocycles. The second kappa shape index (κ2) is 6.13. The Morgan fingerprint density at radius 2 is 2.04 bits per heavy atom. The Morgan fingerprint density at radius 3 is 2.65 bits per heavy atom. The first-order valence-corrected chi connectivity index (χ1v) is 7.71. The molecular formula is C16H19F3N2O2. The van der Waals surface area contributed by atoms with Crippen LogP contribution in [0.5, 0.6) is 0 Å². The number of likely N-dealkylation sites (tertiary alicyclic amines) is 2. The van der Waals surface area contributed by atoms with Gasteiger partial charge in [0, 0.05) is 25.7 Å². The number of aliphatic hydroxyl groups excluding tert-OH is 1. The fourth-order valence-corrected chi connectivity index (χ4v) is 3.16. The van der Waals surface area contributed by atoms with E-state index in [1.54, 1.807) is 15.9 Å². The minimum absolute atomic E-state index is 0.0256. The average Bonchev–Trinajstić information content (AvgIpc) is 2.76. The second-order valence-corrected chi connectivity index (χ2v) is 6.19. The Morgan fingerprint density at radius 1 is 1.30 bits per heavy atom. The lowest BCUT2D eigenvalue weighted by Crippen LogP contribution is -2.47. The maximum absolute atomic E-state index is 12.9. The number of carbonyl (C=O) groups is 1. The van der Waals surface area contributed by atoms with Crippen molar-refractivity contribution in [2.45, 2.75) is 31.2 Å². The van der Waals surface area contributed by atoms with Gasteiger partial charge in [0.2, 0.25) is 5.91 Å². The van der Waals surface area contributed by atoms with Gasteiger partial charge in [0.25, 0.3) is 0 Å². The monoisotopic (exact) mass is 328 g/mol. The van der Waals surface area contributed by atoms with Crippen molar-refractivity contribution in [3.8, 4) is 0 Å². The van der Waals surface area contributed by atoms with Crippen LogP contribution in [-0.4, -0.2) is 53.1 Å². The first-order valence-electron chi connectivity index (χ1n) is 7.71. The van der Waals surface area contributed by atoms with Crippen molar-refractivity contribution in [1.29, 1.82) is 0 Å². The maximum Gasteiger partial charge on any atom is 0.416 e. The Balaban J connectivity index is 1.77. The molecule has 7 heteroatoms. The van der Waals surface area contributed by atoms with Gasteiger partial charge in [-0.1, -0.05) is 12.1 Å². The summed E-state index contributed by atoms with van der Waals surface area (Å²) in [5.41, 5.74) is -0.210. The number of nitrogens with zero attached hydrogens (tertiary/aromatic N) is 2. The van der Waals surface area contributed by atoms with E-state index in [1.165, 1.54) is 6.07 Å². The second-order valence-electron chi connectivity index (χ2n) is 6.19. The van der Waals surface area contributed by atoms with Crippen molar-refractivity contribution in [2.24, 2.45) is 0 Å². The van der Waals surface area contributed by atoms with Crippen LogP contribution < -0.4 is 0 Å². The SMILES string of the molecule is O=C(CN1C[C@@H](O)C[C@H]1c1cccc(C(F)(F)F)c1)N1CCC1. The minimum Gasteiger partial charge on any atom is -0.392 e. The van der Waals surface area contributed by atoms with Gasteiger partial charge >= 0.3 is 6.18 Å². The highest BCUT2D eigenvalue weighted by Gasteiger charge is 2.36. The molecule has 0 aliphatic carbocycles. The molecule has 2 saturated heterocycles. The van der Waals surface area contributed by atoms with E-state index in [1.807, 2.05) is 0 Å². The lowest BCUT2D eigenvalue weighted by Gasteiger charge is -2.33. The van der Waals surface area contributed by atoms with E-state index in [9.17, 15) is 23.1 Å². The third kappa shape index (κ3) is 3.50. The summed E-state index contributed by atoms with van der Waals surface area (Å²) in [4.78, 5) is 15.6. The Kier molecular flexibility index (Phi) is 4.33. The van der Waals surface area contributed by atoms with Crippen molar-refractivity contribution in [2.75, 3.05) is 26.2 Å². The Labute approximate surface area is 132 Å². The number of alkyl halides is 3. The van der Waals surface area contributed by atoms with Crippen LogP contribution in [0, 0.1) is 0 Å². The number of hydrogen-bond acceptors (Lipinski definition) is 3. The van der Waals surface area contributed by atoms with Gasteiger partial charge in [-0.15, -0.1) is 0 Å². The number of hydrogen-bond donors (Lipinski definition) is 1. The molecule has 3 rings (SSSR count). The van der Waals surface area contributed by atoms with Crippen LogP contribution >= 0.6 is 0 Å². The first-order chi connectivity index (χ1) is 10.8. The van der Waals surface area contributed by atoms with Gasteiger partial charge < -0.3 is 10.0 Å². The summed E-state index contributed by atoms with van der Waals surface area (Å²) < 4.78 is 38.6. The smallest absolute Gasteiger partial charge is 0.392 e. The summed E-state index contributed by atoms with van der Waals surface area (Å²) in [5, 5.41) is 9.89. The van der Waals surface area contributed by atoms with E-state index < -0.39 is 17.8 Å².